The summed E-state index contributed by atoms with van der Waals surface area (Å²) < 4.78 is 32.4. The van der Waals surface area contributed by atoms with Gasteiger partial charge in [-0.15, -0.1) is 0 Å². The van der Waals surface area contributed by atoms with Gasteiger partial charge in [-0.3, -0.25) is 4.98 Å². The van der Waals surface area contributed by atoms with Gasteiger partial charge in [0, 0.05) is 5.39 Å². The molecule has 0 N–H and O–H groups in total. The van der Waals surface area contributed by atoms with Gasteiger partial charge in [-0.25, -0.2) is 8.78 Å². The number of ether oxygens (including phenoxy) is 1. The Morgan fingerprint density at radius 3 is 2.50 bits per heavy atom. The van der Waals surface area contributed by atoms with Crippen LogP contribution >= 0.6 is 0 Å². The highest BCUT2D eigenvalue weighted by molar-refractivity contribution is 5.79. The zero-order valence-electron chi connectivity index (χ0n) is 10.5. The van der Waals surface area contributed by atoms with Crippen LogP contribution in [0.2, 0.25) is 0 Å². The van der Waals surface area contributed by atoms with E-state index in [2.05, 4.69) is 4.98 Å². The molecule has 0 saturated carbocycles. The van der Waals surface area contributed by atoms with Gasteiger partial charge >= 0.3 is 0 Å². The van der Waals surface area contributed by atoms with Crippen molar-refractivity contribution >= 4 is 10.9 Å². The highest BCUT2D eigenvalue weighted by Gasteiger charge is 2.09. The lowest BCUT2D eigenvalue weighted by Crippen LogP contribution is -2.02. The van der Waals surface area contributed by atoms with Gasteiger partial charge < -0.3 is 4.74 Å². The molecule has 0 saturated heterocycles. The number of hydrogen-bond donors (Lipinski definition) is 0. The zero-order chi connectivity index (χ0) is 13.9. The first-order chi connectivity index (χ1) is 9.74. The van der Waals surface area contributed by atoms with Crippen molar-refractivity contribution in [1.82, 2.24) is 4.98 Å². The maximum absolute atomic E-state index is 13.5. The Labute approximate surface area is 114 Å². The van der Waals surface area contributed by atoms with E-state index in [1.165, 1.54) is 18.2 Å². The number of halogens is 2. The van der Waals surface area contributed by atoms with E-state index in [4.69, 9.17) is 4.74 Å². The van der Waals surface area contributed by atoms with Crippen molar-refractivity contribution in [2.75, 3.05) is 0 Å². The largest absolute Gasteiger partial charge is 0.487 e. The molecular formula is C16H11F2NO. The molecule has 4 heteroatoms. The highest BCUT2D eigenvalue weighted by Crippen LogP contribution is 2.20. The minimum Gasteiger partial charge on any atom is -0.487 e. The monoisotopic (exact) mass is 271 g/mol. The predicted molar refractivity (Wildman–Crippen MR) is 72.4 cm³/mol. The summed E-state index contributed by atoms with van der Waals surface area (Å²) in [6.45, 7) is -0.168. The molecule has 1 aromatic heterocycles. The topological polar surface area (TPSA) is 22.1 Å². The van der Waals surface area contributed by atoms with Crippen LogP contribution in [0, 0.1) is 11.6 Å². The SMILES string of the molecule is Fc1cccc(F)c1COc1cnc2ccccc2c1. The first kappa shape index (κ1) is 12.5. The van der Waals surface area contributed by atoms with Gasteiger partial charge in [-0.2, -0.15) is 0 Å². The van der Waals surface area contributed by atoms with E-state index in [-0.39, 0.29) is 12.2 Å². The molecule has 1 heterocycles. The van der Waals surface area contributed by atoms with Crippen LogP contribution in [0.4, 0.5) is 8.78 Å². The van der Waals surface area contributed by atoms with Crippen LogP contribution in [0.5, 0.6) is 5.75 Å². The Hall–Kier alpha value is -2.49. The van der Waals surface area contributed by atoms with Crippen LogP contribution in [-0.2, 0) is 6.61 Å². The summed E-state index contributed by atoms with van der Waals surface area (Å²) in [6, 6.07) is 13.1. The lowest BCUT2D eigenvalue weighted by atomic mass is 10.2. The zero-order valence-corrected chi connectivity index (χ0v) is 10.5. The normalized spacial score (nSPS) is 10.7. The average Bonchev–Trinajstić information content (AvgIpc) is 2.46. The number of aromatic nitrogens is 1. The van der Waals surface area contributed by atoms with Gasteiger partial charge in [0.05, 0.1) is 17.3 Å². The van der Waals surface area contributed by atoms with E-state index in [0.29, 0.717) is 5.75 Å². The molecule has 0 aliphatic heterocycles. The third-order valence-corrected chi connectivity index (χ3v) is 3.01. The Morgan fingerprint density at radius 1 is 0.950 bits per heavy atom. The van der Waals surface area contributed by atoms with Crippen LogP contribution in [-0.4, -0.2) is 4.98 Å². The number of pyridine rings is 1. The summed E-state index contributed by atoms with van der Waals surface area (Å²) in [4.78, 5) is 4.23. The number of benzene rings is 2. The molecule has 0 fully saturated rings. The molecule has 0 aliphatic rings. The van der Waals surface area contributed by atoms with Crippen molar-refractivity contribution in [3.63, 3.8) is 0 Å². The summed E-state index contributed by atoms with van der Waals surface area (Å²) in [5.41, 5.74) is 0.762. The molecule has 2 nitrogen and oxygen atoms in total. The van der Waals surface area contributed by atoms with E-state index in [0.717, 1.165) is 10.9 Å². The van der Waals surface area contributed by atoms with Gasteiger partial charge in [-0.1, -0.05) is 24.3 Å². The fourth-order valence-electron chi connectivity index (χ4n) is 1.96. The number of rotatable bonds is 3. The van der Waals surface area contributed by atoms with Crippen molar-refractivity contribution in [1.29, 1.82) is 0 Å². The molecule has 100 valence electrons. The van der Waals surface area contributed by atoms with Gasteiger partial charge in [-0.05, 0) is 24.3 Å². The second-order valence-electron chi connectivity index (χ2n) is 4.35. The maximum Gasteiger partial charge on any atom is 0.138 e. The molecule has 0 unspecified atom stereocenters. The minimum absolute atomic E-state index is 0.0827. The first-order valence-electron chi connectivity index (χ1n) is 6.14. The maximum atomic E-state index is 13.5. The van der Waals surface area contributed by atoms with E-state index in [1.807, 2.05) is 24.3 Å². The Kier molecular flexibility index (Phi) is 3.29. The fourth-order valence-corrected chi connectivity index (χ4v) is 1.96. The molecule has 0 amide bonds. The van der Waals surface area contributed by atoms with E-state index in [9.17, 15) is 8.78 Å². The Morgan fingerprint density at radius 2 is 1.70 bits per heavy atom. The molecule has 0 spiro atoms. The summed E-state index contributed by atoms with van der Waals surface area (Å²) in [5, 5.41) is 0.916. The molecule has 2 aromatic carbocycles. The van der Waals surface area contributed by atoms with Crippen molar-refractivity contribution in [3.05, 3.63) is 71.9 Å². The van der Waals surface area contributed by atoms with Crippen molar-refractivity contribution in [3.8, 4) is 5.75 Å². The third-order valence-electron chi connectivity index (χ3n) is 3.01. The molecule has 0 aliphatic carbocycles. The standard InChI is InChI=1S/C16H11F2NO/c17-14-5-3-6-15(18)13(14)10-20-12-8-11-4-1-2-7-16(11)19-9-12/h1-9H,10H2. The minimum atomic E-state index is -0.612. The number of fused-ring (bicyclic) bond motifs is 1. The molecule has 3 rings (SSSR count). The smallest absolute Gasteiger partial charge is 0.138 e. The second-order valence-corrected chi connectivity index (χ2v) is 4.35. The van der Waals surface area contributed by atoms with Gasteiger partial charge in [0.25, 0.3) is 0 Å². The number of nitrogens with zero attached hydrogens (tertiary/aromatic N) is 1. The van der Waals surface area contributed by atoms with Crippen LogP contribution < -0.4 is 4.74 Å². The summed E-state index contributed by atoms with van der Waals surface area (Å²) in [7, 11) is 0. The average molecular weight is 271 g/mol. The predicted octanol–water partition coefficient (Wildman–Crippen LogP) is 4.09. The van der Waals surface area contributed by atoms with E-state index < -0.39 is 11.6 Å². The van der Waals surface area contributed by atoms with E-state index >= 15 is 0 Å². The Bertz CT molecular complexity index is 738. The molecular weight excluding hydrogens is 260 g/mol. The van der Waals surface area contributed by atoms with Crippen LogP contribution in [0.1, 0.15) is 5.56 Å². The number of hydrogen-bond acceptors (Lipinski definition) is 2. The summed E-state index contributed by atoms with van der Waals surface area (Å²) in [6.07, 6.45) is 1.54. The van der Waals surface area contributed by atoms with Crippen molar-refractivity contribution < 1.29 is 13.5 Å². The number of para-hydroxylation sites is 1. The first-order valence-corrected chi connectivity index (χ1v) is 6.14. The van der Waals surface area contributed by atoms with Gasteiger partial charge in [0.2, 0.25) is 0 Å². The second kappa shape index (κ2) is 5.25. The molecule has 0 radical (unpaired) electrons. The lowest BCUT2D eigenvalue weighted by Gasteiger charge is -2.08. The van der Waals surface area contributed by atoms with Crippen molar-refractivity contribution in [2.45, 2.75) is 6.61 Å². The van der Waals surface area contributed by atoms with Crippen LogP contribution in [0.25, 0.3) is 10.9 Å². The van der Waals surface area contributed by atoms with E-state index in [1.54, 1.807) is 12.3 Å². The summed E-state index contributed by atoms with van der Waals surface area (Å²) >= 11 is 0. The van der Waals surface area contributed by atoms with Crippen molar-refractivity contribution in [2.24, 2.45) is 0 Å². The Balaban J connectivity index is 1.83. The molecule has 3 aromatic rings. The molecule has 0 atom stereocenters. The molecule has 0 bridgehead atoms. The van der Waals surface area contributed by atoms with Gasteiger partial charge in [0.1, 0.15) is 24.0 Å². The van der Waals surface area contributed by atoms with Crippen LogP contribution in [0.15, 0.2) is 54.7 Å². The quantitative estimate of drug-likeness (QED) is 0.715. The molecule has 20 heavy (non-hydrogen) atoms. The highest BCUT2D eigenvalue weighted by atomic mass is 19.1. The fraction of sp³-hybridized carbons (Fsp3) is 0.0625. The van der Waals surface area contributed by atoms with Crippen LogP contribution in [0.3, 0.4) is 0 Å². The summed E-state index contributed by atoms with van der Waals surface area (Å²) in [5.74, 6) is -0.746. The third kappa shape index (κ3) is 2.45. The van der Waals surface area contributed by atoms with Gasteiger partial charge in [0.15, 0.2) is 0 Å². The lowest BCUT2D eigenvalue weighted by molar-refractivity contribution is 0.292.